The van der Waals surface area contributed by atoms with Crippen molar-refractivity contribution in [3.63, 3.8) is 0 Å². The van der Waals surface area contributed by atoms with Crippen molar-refractivity contribution in [1.82, 2.24) is 9.88 Å². The summed E-state index contributed by atoms with van der Waals surface area (Å²) in [7, 11) is 0. The molecule has 2 aliphatic heterocycles. The van der Waals surface area contributed by atoms with Crippen LogP contribution in [0.15, 0.2) is 24.4 Å². The zero-order valence-electron chi connectivity index (χ0n) is 12.0. The molecule has 2 atom stereocenters. The second-order valence-corrected chi connectivity index (χ2v) is 5.71. The van der Waals surface area contributed by atoms with Crippen LogP contribution < -0.4 is 0 Å². The fourth-order valence-corrected chi connectivity index (χ4v) is 3.05. The van der Waals surface area contributed by atoms with Gasteiger partial charge < -0.3 is 14.4 Å². The van der Waals surface area contributed by atoms with Crippen LogP contribution in [0, 0.1) is 0 Å². The van der Waals surface area contributed by atoms with Gasteiger partial charge in [-0.15, -0.1) is 0 Å². The Bertz CT molecular complexity index is 393. The molecule has 0 amide bonds. The molecule has 4 heteroatoms. The van der Waals surface area contributed by atoms with Crippen LogP contribution in [0.5, 0.6) is 0 Å². The Hall–Kier alpha value is -0.970. The minimum atomic E-state index is 0.0398. The predicted molar refractivity (Wildman–Crippen MR) is 77.6 cm³/mol. The fraction of sp³-hybridized carbons (Fsp3) is 0.688. The van der Waals surface area contributed by atoms with Crippen molar-refractivity contribution in [2.45, 2.75) is 37.9 Å². The highest BCUT2D eigenvalue weighted by Gasteiger charge is 2.24. The van der Waals surface area contributed by atoms with Crippen LogP contribution in [0.1, 0.15) is 37.3 Å². The molecule has 0 radical (unpaired) electrons. The summed E-state index contributed by atoms with van der Waals surface area (Å²) in [6, 6.07) is 6.20. The van der Waals surface area contributed by atoms with E-state index in [1.54, 1.807) is 0 Å². The van der Waals surface area contributed by atoms with Crippen LogP contribution in [-0.2, 0) is 9.47 Å². The van der Waals surface area contributed by atoms with E-state index >= 15 is 0 Å². The van der Waals surface area contributed by atoms with E-state index in [1.165, 1.54) is 25.0 Å². The quantitative estimate of drug-likeness (QED) is 0.827. The molecule has 1 aromatic heterocycles. The molecule has 2 saturated heterocycles. The van der Waals surface area contributed by atoms with Crippen molar-refractivity contribution in [2.75, 3.05) is 32.8 Å². The molecule has 110 valence electrons. The average Bonchev–Trinajstić information content (AvgIpc) is 2.98. The molecule has 20 heavy (non-hydrogen) atoms. The Kier molecular flexibility index (Phi) is 5.01. The summed E-state index contributed by atoms with van der Waals surface area (Å²) in [4.78, 5) is 6.95. The van der Waals surface area contributed by atoms with E-state index < -0.39 is 0 Å². The summed E-state index contributed by atoms with van der Waals surface area (Å²) < 4.78 is 11.4. The molecule has 0 bridgehead atoms. The van der Waals surface area contributed by atoms with Crippen molar-refractivity contribution >= 4 is 0 Å². The number of hydrogen-bond donors (Lipinski definition) is 0. The topological polar surface area (TPSA) is 34.6 Å². The largest absolute Gasteiger partial charge is 0.353 e. The van der Waals surface area contributed by atoms with Crippen LogP contribution in [0.3, 0.4) is 0 Å². The van der Waals surface area contributed by atoms with E-state index in [1.807, 2.05) is 12.3 Å². The van der Waals surface area contributed by atoms with E-state index in [-0.39, 0.29) is 6.29 Å². The lowest BCUT2D eigenvalue weighted by molar-refractivity contribution is -0.163. The third kappa shape index (κ3) is 3.78. The highest BCUT2D eigenvalue weighted by molar-refractivity contribution is 5.11. The molecule has 0 aliphatic carbocycles. The SMILES string of the molecule is c1ccc([C@H]2CCN(CCO[C@H]3CCCCO3)C2)nc1. The first-order valence-corrected chi connectivity index (χ1v) is 7.78. The lowest BCUT2D eigenvalue weighted by Gasteiger charge is -2.24. The van der Waals surface area contributed by atoms with Gasteiger partial charge in [0.15, 0.2) is 6.29 Å². The normalized spacial score (nSPS) is 27.8. The summed E-state index contributed by atoms with van der Waals surface area (Å²) in [6.45, 7) is 4.89. The minimum absolute atomic E-state index is 0.0398. The Morgan fingerprint density at radius 3 is 3.10 bits per heavy atom. The summed E-state index contributed by atoms with van der Waals surface area (Å²) in [5.74, 6) is 0.585. The number of pyridine rings is 1. The number of likely N-dealkylation sites (tertiary alicyclic amines) is 1. The van der Waals surface area contributed by atoms with Gasteiger partial charge >= 0.3 is 0 Å². The van der Waals surface area contributed by atoms with E-state index in [0.29, 0.717) is 5.92 Å². The summed E-state index contributed by atoms with van der Waals surface area (Å²) in [5.41, 5.74) is 1.23. The fourth-order valence-electron chi connectivity index (χ4n) is 3.05. The molecule has 3 rings (SSSR count). The number of hydrogen-bond acceptors (Lipinski definition) is 4. The van der Waals surface area contributed by atoms with Gasteiger partial charge in [-0.2, -0.15) is 0 Å². The van der Waals surface area contributed by atoms with Gasteiger partial charge in [0.25, 0.3) is 0 Å². The smallest absolute Gasteiger partial charge is 0.157 e. The van der Waals surface area contributed by atoms with Crippen molar-refractivity contribution in [2.24, 2.45) is 0 Å². The van der Waals surface area contributed by atoms with E-state index in [0.717, 1.165) is 39.3 Å². The van der Waals surface area contributed by atoms with Crippen molar-refractivity contribution in [1.29, 1.82) is 0 Å². The average molecular weight is 276 g/mol. The molecule has 4 nitrogen and oxygen atoms in total. The van der Waals surface area contributed by atoms with E-state index in [4.69, 9.17) is 9.47 Å². The Morgan fingerprint density at radius 1 is 1.30 bits per heavy atom. The Morgan fingerprint density at radius 2 is 2.30 bits per heavy atom. The Labute approximate surface area is 121 Å². The van der Waals surface area contributed by atoms with Crippen LogP contribution >= 0.6 is 0 Å². The number of nitrogens with zero attached hydrogens (tertiary/aromatic N) is 2. The molecule has 0 saturated carbocycles. The lowest BCUT2D eigenvalue weighted by atomic mass is 10.0. The van der Waals surface area contributed by atoms with Gasteiger partial charge in [-0.1, -0.05) is 6.07 Å². The molecule has 0 unspecified atom stereocenters. The zero-order valence-corrected chi connectivity index (χ0v) is 12.0. The predicted octanol–water partition coefficient (Wildman–Crippen LogP) is 2.41. The van der Waals surface area contributed by atoms with Crippen molar-refractivity contribution in [3.8, 4) is 0 Å². The molecule has 0 spiro atoms. The highest BCUT2D eigenvalue weighted by atomic mass is 16.7. The molecule has 0 N–H and O–H groups in total. The standard InChI is InChI=1S/C16H24N2O2/c1-3-8-17-15(5-1)14-7-9-18(13-14)10-12-20-16-6-2-4-11-19-16/h1,3,5,8,14,16H,2,4,6-7,9-13H2/t14-,16-/m0/s1. The number of rotatable bonds is 5. The molecule has 3 heterocycles. The van der Waals surface area contributed by atoms with Crippen molar-refractivity contribution in [3.05, 3.63) is 30.1 Å². The number of aromatic nitrogens is 1. The third-order valence-electron chi connectivity index (χ3n) is 4.23. The lowest BCUT2D eigenvalue weighted by Crippen LogP contribution is -2.29. The van der Waals surface area contributed by atoms with Gasteiger partial charge in [0, 0.05) is 37.5 Å². The maximum absolute atomic E-state index is 5.81. The van der Waals surface area contributed by atoms with E-state index in [9.17, 15) is 0 Å². The summed E-state index contributed by atoms with van der Waals surface area (Å²) in [6.07, 6.45) is 6.60. The van der Waals surface area contributed by atoms with Crippen LogP contribution in [0.2, 0.25) is 0 Å². The Balaban J connectivity index is 1.37. The first-order valence-electron chi connectivity index (χ1n) is 7.78. The monoisotopic (exact) mass is 276 g/mol. The second-order valence-electron chi connectivity index (χ2n) is 5.71. The molecular formula is C16H24N2O2. The van der Waals surface area contributed by atoms with Crippen LogP contribution in [0.25, 0.3) is 0 Å². The molecule has 1 aromatic rings. The second kappa shape index (κ2) is 7.16. The first-order chi connectivity index (χ1) is 9.92. The van der Waals surface area contributed by atoms with Gasteiger partial charge in [-0.3, -0.25) is 4.98 Å². The van der Waals surface area contributed by atoms with Crippen LogP contribution in [0.4, 0.5) is 0 Å². The van der Waals surface area contributed by atoms with Gasteiger partial charge in [-0.05, 0) is 44.4 Å². The highest BCUT2D eigenvalue weighted by Crippen LogP contribution is 2.25. The van der Waals surface area contributed by atoms with Crippen LogP contribution in [-0.4, -0.2) is 49.0 Å². The number of ether oxygens (including phenoxy) is 2. The van der Waals surface area contributed by atoms with Gasteiger partial charge in [0.2, 0.25) is 0 Å². The molecule has 0 aromatic carbocycles. The van der Waals surface area contributed by atoms with Crippen molar-refractivity contribution < 1.29 is 9.47 Å². The summed E-state index contributed by atoms with van der Waals surface area (Å²) >= 11 is 0. The van der Waals surface area contributed by atoms with E-state index in [2.05, 4.69) is 22.0 Å². The maximum atomic E-state index is 5.81. The van der Waals surface area contributed by atoms with Gasteiger partial charge in [-0.25, -0.2) is 0 Å². The van der Waals surface area contributed by atoms with Gasteiger partial charge in [0.1, 0.15) is 0 Å². The maximum Gasteiger partial charge on any atom is 0.157 e. The van der Waals surface area contributed by atoms with Gasteiger partial charge in [0.05, 0.1) is 6.61 Å². The molecule has 2 fully saturated rings. The first kappa shape index (κ1) is 14.0. The molecular weight excluding hydrogens is 252 g/mol. The third-order valence-corrected chi connectivity index (χ3v) is 4.23. The zero-order chi connectivity index (χ0) is 13.6. The molecule has 2 aliphatic rings. The minimum Gasteiger partial charge on any atom is -0.353 e. The summed E-state index contributed by atoms with van der Waals surface area (Å²) in [5, 5.41) is 0.